The number of hydrogen-bond donors (Lipinski definition) is 2. The Morgan fingerprint density at radius 2 is 2.13 bits per heavy atom. The first-order chi connectivity index (χ1) is 11.0. The van der Waals surface area contributed by atoms with Crippen LogP contribution in [0, 0.1) is 5.92 Å². The number of carbonyl (C=O) groups excluding carboxylic acids is 1. The van der Waals surface area contributed by atoms with Crippen molar-refractivity contribution in [1.29, 1.82) is 0 Å². The SMILES string of the molecule is COC(=O)c1ccc(Cl)c(Nc2ccnc(NCC(C)C)n2)c1. The minimum absolute atomic E-state index is 0.409. The summed E-state index contributed by atoms with van der Waals surface area (Å²) >= 11 is 6.16. The smallest absolute Gasteiger partial charge is 0.337 e. The number of benzene rings is 1. The molecule has 0 fully saturated rings. The van der Waals surface area contributed by atoms with Gasteiger partial charge in [0.15, 0.2) is 0 Å². The summed E-state index contributed by atoms with van der Waals surface area (Å²) in [6, 6.07) is 6.59. The van der Waals surface area contributed by atoms with Gasteiger partial charge in [-0.1, -0.05) is 25.4 Å². The van der Waals surface area contributed by atoms with Gasteiger partial charge in [-0.25, -0.2) is 9.78 Å². The second-order valence-corrected chi connectivity index (χ2v) is 5.76. The maximum Gasteiger partial charge on any atom is 0.337 e. The van der Waals surface area contributed by atoms with Crippen LogP contribution in [0.3, 0.4) is 0 Å². The Bertz CT molecular complexity index is 692. The number of carbonyl (C=O) groups is 1. The molecule has 1 aromatic heterocycles. The minimum Gasteiger partial charge on any atom is -0.465 e. The van der Waals surface area contributed by atoms with E-state index < -0.39 is 5.97 Å². The van der Waals surface area contributed by atoms with Crippen LogP contribution in [0.25, 0.3) is 0 Å². The monoisotopic (exact) mass is 334 g/mol. The Morgan fingerprint density at radius 1 is 1.35 bits per heavy atom. The molecule has 0 bridgehead atoms. The molecule has 0 radical (unpaired) electrons. The number of anilines is 3. The van der Waals surface area contributed by atoms with E-state index in [0.29, 0.717) is 34.0 Å². The molecule has 0 aliphatic rings. The largest absolute Gasteiger partial charge is 0.465 e. The molecule has 0 unspecified atom stereocenters. The van der Waals surface area contributed by atoms with Gasteiger partial charge in [0, 0.05) is 12.7 Å². The Morgan fingerprint density at radius 3 is 2.83 bits per heavy atom. The van der Waals surface area contributed by atoms with Crippen molar-refractivity contribution in [3.63, 3.8) is 0 Å². The quantitative estimate of drug-likeness (QED) is 0.784. The molecular formula is C16H19ClN4O2. The zero-order valence-corrected chi connectivity index (χ0v) is 14.0. The Labute approximate surface area is 140 Å². The average molecular weight is 335 g/mol. The highest BCUT2D eigenvalue weighted by Crippen LogP contribution is 2.26. The fourth-order valence-electron chi connectivity index (χ4n) is 1.81. The van der Waals surface area contributed by atoms with E-state index in [1.807, 2.05) is 0 Å². The molecule has 0 atom stereocenters. The van der Waals surface area contributed by atoms with E-state index in [-0.39, 0.29) is 0 Å². The molecule has 2 N–H and O–H groups in total. The molecule has 0 aliphatic heterocycles. The summed E-state index contributed by atoms with van der Waals surface area (Å²) in [6.45, 7) is 4.99. The predicted molar refractivity (Wildman–Crippen MR) is 91.4 cm³/mol. The van der Waals surface area contributed by atoms with Gasteiger partial charge < -0.3 is 15.4 Å². The highest BCUT2D eigenvalue weighted by molar-refractivity contribution is 6.33. The topological polar surface area (TPSA) is 76.1 Å². The van der Waals surface area contributed by atoms with Crippen molar-refractivity contribution in [3.05, 3.63) is 41.0 Å². The minimum atomic E-state index is -0.424. The lowest BCUT2D eigenvalue weighted by atomic mass is 10.2. The summed E-state index contributed by atoms with van der Waals surface area (Å²) in [5.74, 6) is 1.17. The summed E-state index contributed by atoms with van der Waals surface area (Å²) in [5.41, 5.74) is 0.981. The Kier molecular flexibility index (Phi) is 5.76. The molecule has 7 heteroatoms. The number of aromatic nitrogens is 2. The maximum absolute atomic E-state index is 11.6. The number of methoxy groups -OCH3 is 1. The van der Waals surface area contributed by atoms with E-state index in [2.05, 4.69) is 34.4 Å². The molecule has 0 saturated heterocycles. The summed E-state index contributed by atoms with van der Waals surface area (Å²) in [6.07, 6.45) is 1.65. The first kappa shape index (κ1) is 17.0. The lowest BCUT2D eigenvalue weighted by Gasteiger charge is -2.11. The number of rotatable bonds is 6. The van der Waals surface area contributed by atoms with Gasteiger partial charge in [-0.2, -0.15) is 4.98 Å². The molecule has 1 heterocycles. The van der Waals surface area contributed by atoms with Crippen molar-refractivity contribution in [1.82, 2.24) is 9.97 Å². The van der Waals surface area contributed by atoms with Crippen LogP contribution in [0.4, 0.5) is 17.5 Å². The van der Waals surface area contributed by atoms with Crippen molar-refractivity contribution < 1.29 is 9.53 Å². The standard InChI is InChI=1S/C16H19ClN4O2/c1-10(2)9-19-16-18-7-6-14(21-16)20-13-8-11(15(22)23-3)4-5-12(13)17/h4-8,10H,9H2,1-3H3,(H2,18,19,20,21). The number of esters is 1. The fraction of sp³-hybridized carbons (Fsp3) is 0.312. The lowest BCUT2D eigenvalue weighted by Crippen LogP contribution is -2.11. The molecule has 0 amide bonds. The van der Waals surface area contributed by atoms with Crippen LogP contribution >= 0.6 is 11.6 Å². The normalized spacial score (nSPS) is 10.5. The lowest BCUT2D eigenvalue weighted by molar-refractivity contribution is 0.0601. The van der Waals surface area contributed by atoms with Gasteiger partial charge >= 0.3 is 5.97 Å². The van der Waals surface area contributed by atoms with Crippen molar-refractivity contribution >= 4 is 35.0 Å². The van der Waals surface area contributed by atoms with Crippen LogP contribution in [-0.2, 0) is 4.74 Å². The molecule has 122 valence electrons. The van der Waals surface area contributed by atoms with Crippen molar-refractivity contribution in [3.8, 4) is 0 Å². The summed E-state index contributed by atoms with van der Waals surface area (Å²) in [5, 5.41) is 6.72. The van der Waals surface area contributed by atoms with Gasteiger partial charge in [0.05, 0.1) is 23.4 Å². The number of ether oxygens (including phenoxy) is 1. The van der Waals surface area contributed by atoms with Gasteiger partial charge in [0.25, 0.3) is 0 Å². The third-order valence-corrected chi connectivity index (χ3v) is 3.30. The average Bonchev–Trinajstić information content (AvgIpc) is 2.54. The Hall–Kier alpha value is -2.34. The van der Waals surface area contributed by atoms with Crippen LogP contribution in [-0.4, -0.2) is 29.6 Å². The van der Waals surface area contributed by atoms with Gasteiger partial charge in [0.2, 0.25) is 5.95 Å². The first-order valence-electron chi connectivity index (χ1n) is 7.21. The predicted octanol–water partition coefficient (Wildman–Crippen LogP) is 3.73. The number of nitrogens with one attached hydrogen (secondary N) is 2. The summed E-state index contributed by atoms with van der Waals surface area (Å²) in [7, 11) is 1.33. The first-order valence-corrected chi connectivity index (χ1v) is 7.59. The second kappa shape index (κ2) is 7.78. The molecule has 6 nitrogen and oxygen atoms in total. The van der Waals surface area contributed by atoms with E-state index in [1.54, 1.807) is 30.5 Å². The molecule has 0 saturated carbocycles. The summed E-state index contributed by atoms with van der Waals surface area (Å²) < 4.78 is 4.71. The van der Waals surface area contributed by atoms with Gasteiger partial charge in [-0.05, 0) is 30.2 Å². The fourth-order valence-corrected chi connectivity index (χ4v) is 1.98. The highest BCUT2D eigenvalue weighted by Gasteiger charge is 2.10. The number of halogens is 1. The van der Waals surface area contributed by atoms with E-state index in [9.17, 15) is 4.79 Å². The molecular weight excluding hydrogens is 316 g/mol. The van der Waals surface area contributed by atoms with Crippen molar-refractivity contribution in [2.45, 2.75) is 13.8 Å². The van der Waals surface area contributed by atoms with Crippen LogP contribution in [0.2, 0.25) is 5.02 Å². The van der Waals surface area contributed by atoms with Gasteiger partial charge in [-0.15, -0.1) is 0 Å². The highest BCUT2D eigenvalue weighted by atomic mass is 35.5. The van der Waals surface area contributed by atoms with Crippen molar-refractivity contribution in [2.24, 2.45) is 5.92 Å². The van der Waals surface area contributed by atoms with Crippen LogP contribution in [0.1, 0.15) is 24.2 Å². The van der Waals surface area contributed by atoms with E-state index >= 15 is 0 Å². The maximum atomic E-state index is 11.6. The molecule has 23 heavy (non-hydrogen) atoms. The van der Waals surface area contributed by atoms with Gasteiger partial charge in [-0.3, -0.25) is 0 Å². The third-order valence-electron chi connectivity index (χ3n) is 2.97. The van der Waals surface area contributed by atoms with Crippen LogP contribution in [0.15, 0.2) is 30.5 Å². The van der Waals surface area contributed by atoms with Gasteiger partial charge in [0.1, 0.15) is 5.82 Å². The van der Waals surface area contributed by atoms with Crippen LogP contribution in [0.5, 0.6) is 0 Å². The molecule has 2 rings (SSSR count). The van der Waals surface area contributed by atoms with Crippen molar-refractivity contribution in [2.75, 3.05) is 24.3 Å². The zero-order valence-electron chi connectivity index (χ0n) is 13.3. The third kappa shape index (κ3) is 4.82. The number of hydrogen-bond acceptors (Lipinski definition) is 6. The Balaban J connectivity index is 2.18. The summed E-state index contributed by atoms with van der Waals surface area (Å²) in [4.78, 5) is 20.1. The van der Waals surface area contributed by atoms with E-state index in [4.69, 9.17) is 16.3 Å². The number of nitrogens with zero attached hydrogens (tertiary/aromatic N) is 2. The molecule has 0 aliphatic carbocycles. The molecule has 1 aromatic carbocycles. The zero-order chi connectivity index (χ0) is 16.8. The van der Waals surface area contributed by atoms with Crippen LogP contribution < -0.4 is 10.6 Å². The molecule has 2 aromatic rings. The van der Waals surface area contributed by atoms with E-state index in [1.165, 1.54) is 7.11 Å². The second-order valence-electron chi connectivity index (χ2n) is 5.35. The van der Waals surface area contributed by atoms with E-state index in [0.717, 1.165) is 6.54 Å². The molecule has 0 spiro atoms.